The molecule has 0 aliphatic carbocycles. The van der Waals surface area contributed by atoms with E-state index in [1.165, 1.54) is 11.8 Å². The summed E-state index contributed by atoms with van der Waals surface area (Å²) in [7, 11) is 1.56. The first-order valence-corrected chi connectivity index (χ1v) is 10.8. The minimum atomic E-state index is -0.669. The molecule has 0 spiro atoms. The minimum Gasteiger partial charge on any atom is -0.493 e. The minimum absolute atomic E-state index is 0.224. The van der Waals surface area contributed by atoms with Crippen molar-refractivity contribution < 1.29 is 19.0 Å². The summed E-state index contributed by atoms with van der Waals surface area (Å²) in [4.78, 5) is 33.2. The number of rotatable bonds is 7. The third-order valence-corrected chi connectivity index (χ3v) is 5.31. The Hall–Kier alpha value is -2.94. The van der Waals surface area contributed by atoms with E-state index in [4.69, 9.17) is 14.2 Å². The molecule has 9 heteroatoms. The van der Waals surface area contributed by atoms with Gasteiger partial charge in [0.15, 0.2) is 16.7 Å². The Morgan fingerprint density at radius 2 is 2.00 bits per heavy atom. The second-order valence-electron chi connectivity index (χ2n) is 6.50. The number of thioether (sulfide) groups is 1. The molecule has 160 valence electrons. The number of hydrogen-bond acceptors (Lipinski definition) is 8. The molecule has 3 rings (SSSR count). The van der Waals surface area contributed by atoms with Crippen molar-refractivity contribution in [3.05, 3.63) is 50.9 Å². The van der Waals surface area contributed by atoms with Crippen LogP contribution in [0.4, 0.5) is 5.82 Å². The summed E-state index contributed by atoms with van der Waals surface area (Å²) in [5.41, 5.74) is 1.69. The molecule has 8 nitrogen and oxygen atoms in total. The van der Waals surface area contributed by atoms with E-state index in [-0.39, 0.29) is 12.2 Å². The molecule has 0 saturated carbocycles. The zero-order valence-electron chi connectivity index (χ0n) is 17.6. The number of carbonyl (C=O) groups excluding carboxylic acids is 1. The number of methoxy groups -OCH3 is 1. The standard InChI is InChI=1S/C21H25N3O5S/c1-6-28-14-10-12(8-9-13(14)27-4)16-15(20(26)29-7-2)11(3)22-18-17(16)19(25)24-21(23-18)30-5/h8-10,16H,6-7H2,1-5H3,(H2,22,23,24,25). The summed E-state index contributed by atoms with van der Waals surface area (Å²) in [5, 5.41) is 3.59. The number of esters is 1. The number of fused-ring (bicyclic) bond motifs is 1. The van der Waals surface area contributed by atoms with Crippen LogP contribution in [0.25, 0.3) is 0 Å². The van der Waals surface area contributed by atoms with Crippen molar-refractivity contribution in [2.75, 3.05) is 31.9 Å². The Kier molecular flexibility index (Phi) is 6.71. The van der Waals surface area contributed by atoms with E-state index in [0.29, 0.717) is 51.5 Å². The monoisotopic (exact) mass is 431 g/mol. The Balaban J connectivity index is 2.26. The van der Waals surface area contributed by atoms with Crippen molar-refractivity contribution in [3.63, 3.8) is 0 Å². The van der Waals surface area contributed by atoms with Gasteiger partial charge in [0, 0.05) is 5.70 Å². The van der Waals surface area contributed by atoms with E-state index >= 15 is 0 Å². The number of nitrogens with one attached hydrogen (secondary N) is 2. The molecule has 1 atom stereocenters. The van der Waals surface area contributed by atoms with Gasteiger partial charge >= 0.3 is 5.97 Å². The van der Waals surface area contributed by atoms with E-state index < -0.39 is 11.9 Å². The van der Waals surface area contributed by atoms with E-state index in [9.17, 15) is 9.59 Å². The summed E-state index contributed by atoms with van der Waals surface area (Å²) < 4.78 is 16.4. The molecule has 0 fully saturated rings. The number of carbonyl (C=O) groups is 1. The number of aromatic nitrogens is 2. The molecule has 0 radical (unpaired) electrons. The Bertz CT molecular complexity index is 1050. The average Bonchev–Trinajstić information content (AvgIpc) is 2.72. The van der Waals surface area contributed by atoms with E-state index in [1.807, 2.05) is 19.2 Å². The van der Waals surface area contributed by atoms with Crippen LogP contribution >= 0.6 is 11.8 Å². The maximum absolute atomic E-state index is 13.0. The molecule has 30 heavy (non-hydrogen) atoms. The van der Waals surface area contributed by atoms with Crippen LogP contribution in [0.5, 0.6) is 11.5 Å². The Labute approximate surface area is 179 Å². The number of ether oxygens (including phenoxy) is 3. The van der Waals surface area contributed by atoms with Gasteiger partial charge in [-0.15, -0.1) is 0 Å². The van der Waals surface area contributed by atoms with Gasteiger partial charge in [-0.2, -0.15) is 0 Å². The van der Waals surface area contributed by atoms with E-state index in [0.717, 1.165) is 0 Å². The zero-order valence-corrected chi connectivity index (χ0v) is 18.4. The van der Waals surface area contributed by atoms with Crippen LogP contribution in [-0.4, -0.2) is 42.5 Å². The smallest absolute Gasteiger partial charge is 0.336 e. The van der Waals surface area contributed by atoms with Gasteiger partial charge in [-0.25, -0.2) is 9.78 Å². The number of nitrogens with zero attached hydrogens (tertiary/aromatic N) is 1. The van der Waals surface area contributed by atoms with Gasteiger partial charge in [-0.3, -0.25) is 4.79 Å². The second-order valence-corrected chi connectivity index (χ2v) is 7.29. The third kappa shape index (κ3) is 4.02. The van der Waals surface area contributed by atoms with Gasteiger partial charge in [0.25, 0.3) is 5.56 Å². The number of aromatic amines is 1. The predicted octanol–water partition coefficient (Wildman–Crippen LogP) is 3.29. The number of anilines is 1. The highest BCUT2D eigenvalue weighted by Gasteiger charge is 2.36. The van der Waals surface area contributed by atoms with Gasteiger partial charge < -0.3 is 24.5 Å². The lowest BCUT2D eigenvalue weighted by atomic mass is 9.82. The van der Waals surface area contributed by atoms with Crippen LogP contribution in [0.1, 0.15) is 37.8 Å². The fourth-order valence-electron chi connectivity index (χ4n) is 3.48. The fourth-order valence-corrected chi connectivity index (χ4v) is 3.86. The van der Waals surface area contributed by atoms with Gasteiger partial charge in [0.2, 0.25) is 0 Å². The average molecular weight is 432 g/mol. The quantitative estimate of drug-likeness (QED) is 0.391. The first kappa shape index (κ1) is 21.8. The first-order chi connectivity index (χ1) is 14.4. The zero-order chi connectivity index (χ0) is 21.8. The number of hydrogen-bond donors (Lipinski definition) is 2. The molecule has 2 N–H and O–H groups in total. The maximum atomic E-state index is 13.0. The van der Waals surface area contributed by atoms with Crippen molar-refractivity contribution in [1.29, 1.82) is 0 Å². The highest BCUT2D eigenvalue weighted by atomic mass is 32.2. The lowest BCUT2D eigenvalue weighted by Crippen LogP contribution is -2.31. The lowest BCUT2D eigenvalue weighted by molar-refractivity contribution is -0.138. The van der Waals surface area contributed by atoms with Gasteiger partial charge in [-0.05, 0) is 44.7 Å². The first-order valence-electron chi connectivity index (χ1n) is 9.58. The molecule has 1 aliphatic heterocycles. The van der Waals surface area contributed by atoms with Crippen molar-refractivity contribution in [2.45, 2.75) is 31.8 Å². The summed E-state index contributed by atoms with van der Waals surface area (Å²) in [5.74, 6) is 0.367. The summed E-state index contributed by atoms with van der Waals surface area (Å²) in [6.45, 7) is 6.06. The molecular formula is C21H25N3O5S. The predicted molar refractivity (Wildman–Crippen MR) is 116 cm³/mol. The molecule has 2 aromatic rings. The van der Waals surface area contributed by atoms with Crippen LogP contribution in [0.3, 0.4) is 0 Å². The summed E-state index contributed by atoms with van der Waals surface area (Å²) in [6.07, 6.45) is 1.83. The van der Waals surface area contributed by atoms with Crippen LogP contribution in [0.15, 0.2) is 39.4 Å². The Morgan fingerprint density at radius 1 is 1.23 bits per heavy atom. The molecular weight excluding hydrogens is 406 g/mol. The van der Waals surface area contributed by atoms with Crippen LogP contribution in [-0.2, 0) is 9.53 Å². The fraction of sp³-hybridized carbons (Fsp3) is 0.381. The summed E-state index contributed by atoms with van der Waals surface area (Å²) >= 11 is 1.33. The SMILES string of the molecule is CCOC(=O)C1=C(C)Nc2nc(SC)[nH]c(=O)c2C1c1ccc(OC)c(OCC)c1. The van der Waals surface area contributed by atoms with Crippen molar-refractivity contribution in [2.24, 2.45) is 0 Å². The van der Waals surface area contributed by atoms with Crippen molar-refractivity contribution >= 4 is 23.5 Å². The molecule has 0 saturated heterocycles. The van der Waals surface area contributed by atoms with Crippen LogP contribution in [0.2, 0.25) is 0 Å². The molecule has 1 unspecified atom stereocenters. The highest BCUT2D eigenvalue weighted by Crippen LogP contribution is 2.42. The van der Waals surface area contributed by atoms with Crippen molar-refractivity contribution in [3.8, 4) is 11.5 Å². The molecule has 0 amide bonds. The van der Waals surface area contributed by atoms with Crippen LogP contribution in [0, 0.1) is 0 Å². The normalized spacial score (nSPS) is 15.3. The topological polar surface area (TPSA) is 103 Å². The van der Waals surface area contributed by atoms with Gasteiger partial charge in [-0.1, -0.05) is 17.8 Å². The lowest BCUT2D eigenvalue weighted by Gasteiger charge is -2.29. The molecule has 1 aromatic heterocycles. The molecule has 1 aliphatic rings. The highest BCUT2D eigenvalue weighted by molar-refractivity contribution is 7.98. The largest absolute Gasteiger partial charge is 0.493 e. The van der Waals surface area contributed by atoms with Crippen LogP contribution < -0.4 is 20.3 Å². The number of benzene rings is 1. The van der Waals surface area contributed by atoms with E-state index in [2.05, 4.69) is 15.3 Å². The van der Waals surface area contributed by atoms with Gasteiger partial charge in [0.05, 0.1) is 37.4 Å². The molecule has 0 bridgehead atoms. The summed E-state index contributed by atoms with van der Waals surface area (Å²) in [6, 6.07) is 5.37. The third-order valence-electron chi connectivity index (χ3n) is 4.73. The number of allylic oxidation sites excluding steroid dienone is 1. The molecule has 1 aromatic carbocycles. The number of H-pyrrole nitrogens is 1. The van der Waals surface area contributed by atoms with Gasteiger partial charge in [0.1, 0.15) is 5.82 Å². The Morgan fingerprint density at radius 3 is 2.63 bits per heavy atom. The van der Waals surface area contributed by atoms with E-state index in [1.54, 1.807) is 33.1 Å². The molecule has 2 heterocycles. The maximum Gasteiger partial charge on any atom is 0.336 e. The second kappa shape index (κ2) is 9.25. The van der Waals surface area contributed by atoms with Crippen molar-refractivity contribution in [1.82, 2.24) is 9.97 Å².